The number of carbonyl (C=O) groups excluding carboxylic acids is 2. The molecule has 180 valence electrons. The fourth-order valence-corrected chi connectivity index (χ4v) is 4.84. The monoisotopic (exact) mass is 475 g/mol. The van der Waals surface area contributed by atoms with E-state index in [9.17, 15) is 14.0 Å². The Morgan fingerprint density at radius 3 is 2.63 bits per heavy atom. The number of halogens is 1. The van der Waals surface area contributed by atoms with Gasteiger partial charge in [-0.25, -0.2) is 14.4 Å². The highest BCUT2D eigenvalue weighted by Gasteiger charge is 2.31. The zero-order chi connectivity index (χ0) is 24.9. The van der Waals surface area contributed by atoms with E-state index in [1.165, 1.54) is 19.2 Å². The second-order valence-corrected chi connectivity index (χ2v) is 9.14. The molecule has 1 saturated heterocycles. The van der Waals surface area contributed by atoms with Crippen LogP contribution < -0.4 is 10.5 Å². The van der Waals surface area contributed by atoms with Crippen LogP contribution in [0, 0.1) is 5.82 Å². The SMILES string of the molecule is COc1ccc(-c2nc(C(N)=O)c3c(n2)-c2ccc(C(=O)N4CC[C@H](N(C)C)C4)cc2C3)cc1F. The molecule has 0 bridgehead atoms. The van der Waals surface area contributed by atoms with E-state index in [0.29, 0.717) is 41.4 Å². The molecular weight excluding hydrogens is 449 g/mol. The molecule has 8 nitrogen and oxygen atoms in total. The minimum Gasteiger partial charge on any atom is -0.494 e. The number of likely N-dealkylation sites (tertiary alicyclic amines) is 1. The van der Waals surface area contributed by atoms with Crippen molar-refractivity contribution in [2.45, 2.75) is 18.9 Å². The van der Waals surface area contributed by atoms with Crippen LogP contribution in [0.1, 0.15) is 38.4 Å². The standard InChI is InChI=1S/C26H26FN5O3/c1-31(2)17-8-9-32(13-17)26(34)15-4-6-18-16(10-15)11-19-22(18)29-25(30-23(19)24(28)33)14-5-7-21(35-3)20(27)12-14/h4-7,10,12,17H,8-9,11,13H2,1-3H3,(H2,28,33)/t17-/m0/s1. The molecule has 35 heavy (non-hydrogen) atoms. The van der Waals surface area contributed by atoms with Crippen molar-refractivity contribution in [1.82, 2.24) is 19.8 Å². The number of likely N-dealkylation sites (N-methyl/N-ethyl adjacent to an activating group) is 1. The molecular formula is C26H26FN5O3. The van der Waals surface area contributed by atoms with Gasteiger partial charge in [0.15, 0.2) is 17.4 Å². The van der Waals surface area contributed by atoms with Crippen LogP contribution in [-0.4, -0.2) is 71.9 Å². The fraction of sp³-hybridized carbons (Fsp3) is 0.308. The normalized spacial score (nSPS) is 16.4. The molecule has 2 aliphatic rings. The summed E-state index contributed by atoms with van der Waals surface area (Å²) in [5.41, 5.74) is 9.63. The number of methoxy groups -OCH3 is 1. The maximum absolute atomic E-state index is 14.3. The maximum atomic E-state index is 14.3. The third-order valence-corrected chi connectivity index (χ3v) is 6.81. The van der Waals surface area contributed by atoms with Crippen LogP contribution >= 0.6 is 0 Å². The van der Waals surface area contributed by atoms with Crippen molar-refractivity contribution in [2.24, 2.45) is 5.73 Å². The minimum atomic E-state index is -0.685. The van der Waals surface area contributed by atoms with Crippen molar-refractivity contribution in [1.29, 1.82) is 0 Å². The van der Waals surface area contributed by atoms with Crippen molar-refractivity contribution >= 4 is 11.8 Å². The Hall–Kier alpha value is -3.85. The number of aromatic nitrogens is 2. The van der Waals surface area contributed by atoms with Gasteiger partial charge < -0.3 is 20.3 Å². The summed E-state index contributed by atoms with van der Waals surface area (Å²) in [5, 5.41) is 0. The van der Waals surface area contributed by atoms with Crippen molar-refractivity contribution in [3.05, 3.63) is 64.6 Å². The molecule has 0 unspecified atom stereocenters. The van der Waals surface area contributed by atoms with Crippen molar-refractivity contribution in [2.75, 3.05) is 34.3 Å². The molecule has 2 amide bonds. The number of hydrogen-bond donors (Lipinski definition) is 1. The summed E-state index contributed by atoms with van der Waals surface area (Å²) in [6, 6.07) is 10.2. The second-order valence-electron chi connectivity index (χ2n) is 9.14. The summed E-state index contributed by atoms with van der Waals surface area (Å²) in [6.45, 7) is 1.42. The van der Waals surface area contributed by atoms with Gasteiger partial charge in [0.2, 0.25) is 0 Å². The number of rotatable bonds is 5. The number of carbonyl (C=O) groups is 2. The Bertz CT molecular complexity index is 1360. The van der Waals surface area contributed by atoms with E-state index in [1.807, 2.05) is 31.1 Å². The quantitative estimate of drug-likeness (QED) is 0.476. The van der Waals surface area contributed by atoms with Crippen LogP contribution in [0.5, 0.6) is 5.75 Å². The molecule has 0 saturated carbocycles. The third-order valence-electron chi connectivity index (χ3n) is 6.81. The van der Waals surface area contributed by atoms with Gasteiger partial charge in [-0.15, -0.1) is 0 Å². The lowest BCUT2D eigenvalue weighted by molar-refractivity contribution is 0.0782. The smallest absolute Gasteiger partial charge is 0.267 e. The van der Waals surface area contributed by atoms with Gasteiger partial charge >= 0.3 is 0 Å². The Labute approximate surface area is 202 Å². The van der Waals surface area contributed by atoms with Gasteiger partial charge in [0.1, 0.15) is 5.69 Å². The number of primary amides is 1. The number of benzene rings is 2. The zero-order valence-corrected chi connectivity index (χ0v) is 19.8. The summed E-state index contributed by atoms with van der Waals surface area (Å²) in [5.74, 6) is -0.962. The highest BCUT2D eigenvalue weighted by Crippen LogP contribution is 2.38. The van der Waals surface area contributed by atoms with Gasteiger partial charge in [-0.3, -0.25) is 9.59 Å². The first-order valence-corrected chi connectivity index (χ1v) is 11.4. The molecule has 2 heterocycles. The first-order chi connectivity index (χ1) is 16.8. The average Bonchev–Trinajstić information content (AvgIpc) is 3.47. The molecule has 3 aromatic rings. The van der Waals surface area contributed by atoms with E-state index in [2.05, 4.69) is 14.9 Å². The Morgan fingerprint density at radius 2 is 1.97 bits per heavy atom. The lowest BCUT2D eigenvalue weighted by Crippen LogP contribution is -2.34. The number of nitrogens with two attached hydrogens (primary N) is 1. The molecule has 0 radical (unpaired) electrons. The van der Waals surface area contributed by atoms with Gasteiger partial charge in [-0.2, -0.15) is 0 Å². The lowest BCUT2D eigenvalue weighted by Gasteiger charge is -2.20. The summed E-state index contributed by atoms with van der Waals surface area (Å²) in [4.78, 5) is 38.5. The summed E-state index contributed by atoms with van der Waals surface area (Å²) < 4.78 is 19.3. The van der Waals surface area contributed by atoms with Gasteiger partial charge in [0.25, 0.3) is 11.8 Å². The van der Waals surface area contributed by atoms with E-state index in [1.54, 1.807) is 12.1 Å². The molecule has 1 aliphatic heterocycles. The number of hydrogen-bond acceptors (Lipinski definition) is 6. The minimum absolute atomic E-state index is 0.0105. The van der Waals surface area contributed by atoms with Crippen molar-refractivity contribution in [3.8, 4) is 28.4 Å². The van der Waals surface area contributed by atoms with Crippen LogP contribution in [0.25, 0.3) is 22.6 Å². The van der Waals surface area contributed by atoms with E-state index < -0.39 is 11.7 Å². The van der Waals surface area contributed by atoms with Crippen LogP contribution in [0.2, 0.25) is 0 Å². The van der Waals surface area contributed by atoms with Crippen LogP contribution in [0.4, 0.5) is 4.39 Å². The Kier molecular flexibility index (Phi) is 5.72. The topological polar surface area (TPSA) is 102 Å². The number of fused-ring (bicyclic) bond motifs is 3. The van der Waals surface area contributed by atoms with Crippen LogP contribution in [0.3, 0.4) is 0 Å². The molecule has 1 atom stereocenters. The van der Waals surface area contributed by atoms with Crippen molar-refractivity contribution < 1.29 is 18.7 Å². The molecule has 2 aromatic carbocycles. The predicted octanol–water partition coefficient (Wildman–Crippen LogP) is 2.74. The maximum Gasteiger partial charge on any atom is 0.267 e. The predicted molar refractivity (Wildman–Crippen MR) is 129 cm³/mol. The second kappa shape index (κ2) is 8.74. The molecule has 1 aromatic heterocycles. The Balaban J connectivity index is 1.51. The first kappa shape index (κ1) is 22.9. The highest BCUT2D eigenvalue weighted by molar-refractivity contribution is 5.98. The van der Waals surface area contributed by atoms with Gasteiger partial charge in [-0.1, -0.05) is 6.07 Å². The summed E-state index contributed by atoms with van der Waals surface area (Å²) in [6.07, 6.45) is 1.34. The third kappa shape index (κ3) is 4.01. The first-order valence-electron chi connectivity index (χ1n) is 11.4. The fourth-order valence-electron chi connectivity index (χ4n) is 4.84. The number of amides is 2. The Morgan fingerprint density at radius 1 is 1.17 bits per heavy atom. The van der Waals surface area contributed by atoms with Gasteiger partial charge in [0.05, 0.1) is 12.8 Å². The number of nitrogens with zero attached hydrogens (tertiary/aromatic N) is 4. The molecule has 0 spiro atoms. The molecule has 5 rings (SSSR count). The van der Waals surface area contributed by atoms with E-state index in [-0.39, 0.29) is 23.2 Å². The van der Waals surface area contributed by atoms with E-state index in [4.69, 9.17) is 10.5 Å². The van der Waals surface area contributed by atoms with E-state index in [0.717, 1.165) is 24.1 Å². The molecule has 1 aliphatic carbocycles. The zero-order valence-electron chi connectivity index (χ0n) is 19.8. The van der Waals surface area contributed by atoms with Crippen molar-refractivity contribution in [3.63, 3.8) is 0 Å². The number of ether oxygens (including phenoxy) is 1. The summed E-state index contributed by atoms with van der Waals surface area (Å²) >= 11 is 0. The highest BCUT2D eigenvalue weighted by atomic mass is 19.1. The molecule has 1 fully saturated rings. The molecule has 2 N–H and O–H groups in total. The van der Waals surface area contributed by atoms with Gasteiger partial charge in [-0.05, 0) is 56.4 Å². The lowest BCUT2D eigenvalue weighted by atomic mass is 10.0. The van der Waals surface area contributed by atoms with E-state index >= 15 is 0 Å². The molecule has 9 heteroatoms. The largest absolute Gasteiger partial charge is 0.494 e. The average molecular weight is 476 g/mol. The van der Waals surface area contributed by atoms with Crippen LogP contribution in [-0.2, 0) is 6.42 Å². The summed E-state index contributed by atoms with van der Waals surface area (Å²) in [7, 11) is 5.43. The van der Waals surface area contributed by atoms with Gasteiger partial charge in [0, 0.05) is 47.8 Å². The van der Waals surface area contributed by atoms with Crippen LogP contribution in [0.15, 0.2) is 36.4 Å².